The van der Waals surface area contributed by atoms with Crippen molar-refractivity contribution < 1.29 is 9.59 Å². The van der Waals surface area contributed by atoms with Crippen LogP contribution in [0.3, 0.4) is 0 Å². The first-order valence-electron chi connectivity index (χ1n) is 7.72. The highest BCUT2D eigenvalue weighted by Crippen LogP contribution is 2.26. The summed E-state index contributed by atoms with van der Waals surface area (Å²) in [6.45, 7) is 4.20. The Kier molecular flexibility index (Phi) is 3.66. The van der Waals surface area contributed by atoms with Crippen LogP contribution in [0.25, 0.3) is 0 Å². The second-order valence-electron chi connectivity index (χ2n) is 6.40. The van der Waals surface area contributed by atoms with E-state index in [9.17, 15) is 9.59 Å². The fourth-order valence-corrected chi connectivity index (χ4v) is 3.21. The van der Waals surface area contributed by atoms with Crippen molar-refractivity contribution >= 4 is 11.6 Å². The Bertz CT molecular complexity index is 622. The molecule has 0 aromatic heterocycles. The Hall–Kier alpha value is -1.90. The molecule has 0 radical (unpaired) electrons. The van der Waals surface area contributed by atoms with Crippen LogP contribution in [0, 0.1) is 12.8 Å². The minimum Gasteiger partial charge on any atom is -0.379 e. The lowest BCUT2D eigenvalue weighted by Crippen LogP contribution is -2.36. The van der Waals surface area contributed by atoms with Crippen molar-refractivity contribution in [2.24, 2.45) is 5.92 Å². The van der Waals surface area contributed by atoms with Gasteiger partial charge in [0.2, 0.25) is 5.78 Å². The van der Waals surface area contributed by atoms with Gasteiger partial charge < -0.3 is 5.32 Å². The standard InChI is InChI=1S/C18H21NO2/c1-11-3-6-13(7-4-11)19-16-10-17(20)15-9-12(2)5-8-14(15)18(16)21/h5,8-11,13,19H,3-4,6-7H2,1-2H3. The van der Waals surface area contributed by atoms with Crippen LogP contribution in [-0.4, -0.2) is 17.6 Å². The summed E-state index contributed by atoms with van der Waals surface area (Å²) in [6, 6.07) is 5.76. The van der Waals surface area contributed by atoms with E-state index in [1.807, 2.05) is 13.0 Å². The third-order valence-electron chi connectivity index (χ3n) is 4.58. The van der Waals surface area contributed by atoms with Gasteiger partial charge in [0.05, 0.1) is 5.70 Å². The molecule has 1 fully saturated rings. The summed E-state index contributed by atoms with van der Waals surface area (Å²) in [5, 5.41) is 3.30. The highest BCUT2D eigenvalue weighted by atomic mass is 16.1. The summed E-state index contributed by atoms with van der Waals surface area (Å²) in [7, 11) is 0. The van der Waals surface area contributed by atoms with Crippen LogP contribution >= 0.6 is 0 Å². The van der Waals surface area contributed by atoms with Crippen molar-refractivity contribution in [3.05, 3.63) is 46.7 Å². The third kappa shape index (κ3) is 2.78. The number of fused-ring (bicyclic) bond motifs is 1. The Balaban J connectivity index is 1.80. The fourth-order valence-electron chi connectivity index (χ4n) is 3.21. The molecule has 2 aliphatic carbocycles. The highest BCUT2D eigenvalue weighted by Gasteiger charge is 2.28. The van der Waals surface area contributed by atoms with Crippen LogP contribution in [0.2, 0.25) is 0 Å². The maximum Gasteiger partial charge on any atom is 0.209 e. The molecule has 0 unspecified atom stereocenters. The molecule has 1 aromatic carbocycles. The molecule has 1 N–H and O–H groups in total. The number of allylic oxidation sites excluding steroid dienone is 2. The third-order valence-corrected chi connectivity index (χ3v) is 4.58. The molecule has 2 aliphatic rings. The van der Waals surface area contributed by atoms with Crippen LogP contribution in [0.5, 0.6) is 0 Å². The summed E-state index contributed by atoms with van der Waals surface area (Å²) in [5.74, 6) is 0.646. The van der Waals surface area contributed by atoms with E-state index in [0.29, 0.717) is 22.9 Å². The van der Waals surface area contributed by atoms with Gasteiger partial charge in [-0.15, -0.1) is 0 Å². The molecule has 0 aliphatic heterocycles. The van der Waals surface area contributed by atoms with E-state index in [0.717, 1.165) is 24.3 Å². The minimum atomic E-state index is -0.0695. The molecule has 21 heavy (non-hydrogen) atoms. The van der Waals surface area contributed by atoms with E-state index in [1.54, 1.807) is 12.1 Å². The Labute approximate surface area is 125 Å². The SMILES string of the molecule is Cc1ccc2c(c1)C(=O)C=C(NC1CCC(C)CC1)C2=O. The van der Waals surface area contributed by atoms with E-state index < -0.39 is 0 Å². The highest BCUT2D eigenvalue weighted by molar-refractivity contribution is 6.24. The number of benzene rings is 1. The van der Waals surface area contributed by atoms with E-state index in [-0.39, 0.29) is 11.6 Å². The summed E-state index contributed by atoms with van der Waals surface area (Å²) in [4.78, 5) is 24.7. The molecule has 0 amide bonds. The number of ketones is 2. The lowest BCUT2D eigenvalue weighted by atomic mass is 9.86. The van der Waals surface area contributed by atoms with Crippen molar-refractivity contribution in [2.75, 3.05) is 0 Å². The van der Waals surface area contributed by atoms with Gasteiger partial charge in [0.1, 0.15) is 0 Å². The normalized spacial score (nSPS) is 25.3. The summed E-state index contributed by atoms with van der Waals surface area (Å²) in [5.41, 5.74) is 2.53. The zero-order chi connectivity index (χ0) is 15.0. The van der Waals surface area contributed by atoms with Crippen molar-refractivity contribution in [3.63, 3.8) is 0 Å². The van der Waals surface area contributed by atoms with Gasteiger partial charge in [0, 0.05) is 23.2 Å². The molecule has 0 bridgehead atoms. The van der Waals surface area contributed by atoms with Crippen LogP contribution in [0.4, 0.5) is 0 Å². The smallest absolute Gasteiger partial charge is 0.209 e. The molecule has 110 valence electrons. The molecule has 1 saturated carbocycles. The monoisotopic (exact) mass is 283 g/mol. The van der Waals surface area contributed by atoms with Crippen LogP contribution in [0.15, 0.2) is 30.0 Å². The number of Topliss-reactive ketones (excluding diaryl/α,β-unsaturated/α-hetero) is 1. The van der Waals surface area contributed by atoms with Crippen LogP contribution in [0.1, 0.15) is 58.9 Å². The minimum absolute atomic E-state index is 0.0526. The molecule has 3 nitrogen and oxygen atoms in total. The zero-order valence-electron chi connectivity index (χ0n) is 12.6. The first-order valence-corrected chi connectivity index (χ1v) is 7.72. The molecule has 3 heteroatoms. The number of hydrogen-bond donors (Lipinski definition) is 1. The Morgan fingerprint density at radius 2 is 1.76 bits per heavy atom. The van der Waals surface area contributed by atoms with Gasteiger partial charge >= 0.3 is 0 Å². The van der Waals surface area contributed by atoms with Crippen molar-refractivity contribution in [2.45, 2.75) is 45.6 Å². The zero-order valence-corrected chi connectivity index (χ0v) is 12.6. The first-order chi connectivity index (χ1) is 10.0. The predicted octanol–water partition coefficient (Wildman–Crippen LogP) is 3.43. The van der Waals surface area contributed by atoms with Gasteiger partial charge in [-0.3, -0.25) is 9.59 Å². The second kappa shape index (κ2) is 5.47. The van der Waals surface area contributed by atoms with Gasteiger partial charge in [0.25, 0.3) is 0 Å². The number of carbonyl (C=O) groups is 2. The largest absolute Gasteiger partial charge is 0.379 e. The Morgan fingerprint density at radius 1 is 1.05 bits per heavy atom. The van der Waals surface area contributed by atoms with E-state index >= 15 is 0 Å². The quantitative estimate of drug-likeness (QED) is 0.904. The van der Waals surface area contributed by atoms with Gasteiger partial charge in [-0.25, -0.2) is 0 Å². The predicted molar refractivity (Wildman–Crippen MR) is 82.5 cm³/mol. The maximum atomic E-state index is 12.5. The number of hydrogen-bond acceptors (Lipinski definition) is 3. The number of carbonyl (C=O) groups excluding carboxylic acids is 2. The molecule has 0 atom stereocenters. The van der Waals surface area contributed by atoms with Crippen LogP contribution in [-0.2, 0) is 0 Å². The fraction of sp³-hybridized carbons (Fsp3) is 0.444. The molecule has 1 aromatic rings. The average molecular weight is 283 g/mol. The maximum absolute atomic E-state index is 12.5. The van der Waals surface area contributed by atoms with Gasteiger partial charge in [-0.2, -0.15) is 0 Å². The van der Waals surface area contributed by atoms with Crippen LogP contribution < -0.4 is 5.32 Å². The summed E-state index contributed by atoms with van der Waals surface area (Å²) in [6.07, 6.45) is 5.98. The van der Waals surface area contributed by atoms with Crippen molar-refractivity contribution in [1.29, 1.82) is 0 Å². The first kappa shape index (κ1) is 14.1. The molecule has 0 spiro atoms. The number of nitrogens with one attached hydrogen (secondary N) is 1. The molecule has 0 heterocycles. The van der Waals surface area contributed by atoms with E-state index in [2.05, 4.69) is 12.2 Å². The molecular formula is C18H21NO2. The average Bonchev–Trinajstić information content (AvgIpc) is 2.47. The topological polar surface area (TPSA) is 46.2 Å². The van der Waals surface area contributed by atoms with Gasteiger partial charge in [0.15, 0.2) is 5.78 Å². The summed E-state index contributed by atoms with van der Waals surface area (Å²) < 4.78 is 0. The van der Waals surface area contributed by atoms with Crippen molar-refractivity contribution in [1.82, 2.24) is 5.32 Å². The Morgan fingerprint density at radius 3 is 2.48 bits per heavy atom. The van der Waals surface area contributed by atoms with Gasteiger partial charge in [-0.1, -0.05) is 18.6 Å². The molecule has 3 rings (SSSR count). The summed E-state index contributed by atoms with van der Waals surface area (Å²) >= 11 is 0. The molecule has 0 saturated heterocycles. The van der Waals surface area contributed by atoms with E-state index in [4.69, 9.17) is 0 Å². The number of aryl methyl sites for hydroxylation is 1. The number of rotatable bonds is 2. The van der Waals surface area contributed by atoms with E-state index in [1.165, 1.54) is 18.9 Å². The second-order valence-corrected chi connectivity index (χ2v) is 6.40. The van der Waals surface area contributed by atoms with Gasteiger partial charge in [-0.05, 0) is 50.7 Å². The lowest BCUT2D eigenvalue weighted by Gasteiger charge is -2.29. The van der Waals surface area contributed by atoms with Crippen molar-refractivity contribution in [3.8, 4) is 0 Å². The molecular weight excluding hydrogens is 262 g/mol. The lowest BCUT2D eigenvalue weighted by molar-refractivity contribution is 0.0974.